The molecule has 0 N–H and O–H groups in total. The van der Waals surface area contributed by atoms with E-state index in [1.54, 1.807) is 0 Å². The minimum absolute atomic E-state index is 0.547. The van der Waals surface area contributed by atoms with Gasteiger partial charge in [0.1, 0.15) is 5.82 Å². The Labute approximate surface area is 88.7 Å². The summed E-state index contributed by atoms with van der Waals surface area (Å²) >= 11 is 7.61. The van der Waals surface area contributed by atoms with Gasteiger partial charge < -0.3 is 4.57 Å². The second-order valence-electron chi connectivity index (χ2n) is 3.00. The van der Waals surface area contributed by atoms with Crippen LogP contribution in [-0.2, 0) is 6.54 Å². The van der Waals surface area contributed by atoms with Gasteiger partial charge in [-0.15, -0.1) is 11.6 Å². The number of alkyl halides is 1. The van der Waals surface area contributed by atoms with Crippen LogP contribution in [0.5, 0.6) is 0 Å². The Bertz CT molecular complexity index is 250. The highest BCUT2D eigenvalue weighted by atomic mass is 35.5. The van der Waals surface area contributed by atoms with Gasteiger partial charge >= 0.3 is 0 Å². The second kappa shape index (κ2) is 5.55. The Morgan fingerprint density at radius 1 is 1.69 bits per heavy atom. The van der Waals surface area contributed by atoms with Crippen LogP contribution in [0, 0.1) is 6.92 Å². The van der Waals surface area contributed by atoms with Gasteiger partial charge in [0.2, 0.25) is 0 Å². The van der Waals surface area contributed by atoms with Crippen LogP contribution in [0.15, 0.2) is 12.4 Å². The molecule has 1 rings (SSSR count). The third kappa shape index (κ3) is 3.61. The molecule has 0 saturated heterocycles. The molecular weight excluding hydrogens is 204 g/mol. The molecule has 0 aliphatic carbocycles. The van der Waals surface area contributed by atoms with E-state index in [1.165, 1.54) is 0 Å². The summed E-state index contributed by atoms with van der Waals surface area (Å²) in [5.41, 5.74) is 0. The third-order valence-electron chi connectivity index (χ3n) is 1.88. The predicted molar refractivity (Wildman–Crippen MR) is 59.6 cm³/mol. The van der Waals surface area contributed by atoms with E-state index in [9.17, 15) is 0 Å². The van der Waals surface area contributed by atoms with Crippen molar-refractivity contribution in [3.8, 4) is 0 Å². The van der Waals surface area contributed by atoms with E-state index < -0.39 is 0 Å². The van der Waals surface area contributed by atoms with Crippen molar-refractivity contribution in [2.45, 2.75) is 25.6 Å². The van der Waals surface area contributed by atoms with Gasteiger partial charge in [0, 0.05) is 35.8 Å². The predicted octanol–water partition coefficient (Wildman–Crippen LogP) is 2.55. The summed E-state index contributed by atoms with van der Waals surface area (Å²) in [6, 6.07) is 0. The maximum atomic E-state index is 5.70. The Hall–Kier alpha value is -0.150. The van der Waals surface area contributed by atoms with Crippen LogP contribution in [0.4, 0.5) is 0 Å². The van der Waals surface area contributed by atoms with E-state index in [1.807, 2.05) is 31.1 Å². The lowest BCUT2D eigenvalue weighted by Gasteiger charge is -2.08. The lowest BCUT2D eigenvalue weighted by atomic mass is 10.6. The van der Waals surface area contributed by atoms with Crippen LogP contribution < -0.4 is 0 Å². The van der Waals surface area contributed by atoms with Gasteiger partial charge in [-0.25, -0.2) is 4.98 Å². The summed E-state index contributed by atoms with van der Waals surface area (Å²) < 4.78 is 2.16. The van der Waals surface area contributed by atoms with Crippen molar-refractivity contribution >= 4 is 23.4 Å². The monoisotopic (exact) mass is 218 g/mol. The number of imidazole rings is 1. The van der Waals surface area contributed by atoms with Crippen molar-refractivity contribution in [1.82, 2.24) is 9.55 Å². The number of aromatic nitrogens is 2. The van der Waals surface area contributed by atoms with Crippen LogP contribution in [0.2, 0.25) is 0 Å². The van der Waals surface area contributed by atoms with Crippen LogP contribution in [-0.4, -0.2) is 26.4 Å². The number of rotatable bonds is 5. The fourth-order valence-electron chi connectivity index (χ4n) is 1.04. The topological polar surface area (TPSA) is 17.8 Å². The van der Waals surface area contributed by atoms with E-state index in [0.717, 1.165) is 24.0 Å². The maximum absolute atomic E-state index is 5.70. The number of halogens is 1. The first-order valence-electron chi connectivity index (χ1n) is 4.39. The van der Waals surface area contributed by atoms with Gasteiger partial charge in [0.15, 0.2) is 0 Å². The molecule has 0 aliphatic heterocycles. The van der Waals surface area contributed by atoms with Crippen molar-refractivity contribution < 1.29 is 0 Å². The number of hydrogen-bond donors (Lipinski definition) is 0. The van der Waals surface area contributed by atoms with Gasteiger partial charge in [0.25, 0.3) is 0 Å². The molecule has 0 aliphatic rings. The zero-order valence-electron chi connectivity index (χ0n) is 8.03. The fraction of sp³-hybridized carbons (Fsp3) is 0.667. The molecule has 1 atom stereocenters. The Balaban J connectivity index is 2.24. The van der Waals surface area contributed by atoms with Crippen LogP contribution in [0.1, 0.15) is 12.7 Å². The van der Waals surface area contributed by atoms with E-state index in [4.69, 9.17) is 11.6 Å². The van der Waals surface area contributed by atoms with Crippen molar-refractivity contribution in [2.24, 2.45) is 0 Å². The summed E-state index contributed by atoms with van der Waals surface area (Å²) in [7, 11) is 0. The molecule has 0 bridgehead atoms. The molecule has 2 nitrogen and oxygen atoms in total. The molecule has 1 unspecified atom stereocenters. The molecule has 0 spiro atoms. The quantitative estimate of drug-likeness (QED) is 0.707. The fourth-order valence-corrected chi connectivity index (χ4v) is 2.10. The molecule has 0 aromatic carbocycles. The number of hydrogen-bond acceptors (Lipinski definition) is 2. The summed E-state index contributed by atoms with van der Waals surface area (Å²) in [4.78, 5) is 4.16. The molecule has 0 amide bonds. The van der Waals surface area contributed by atoms with Gasteiger partial charge in [-0.2, -0.15) is 11.8 Å². The second-order valence-corrected chi connectivity index (χ2v) is 4.86. The summed E-state index contributed by atoms with van der Waals surface area (Å²) in [6.45, 7) is 5.20. The highest BCUT2D eigenvalue weighted by Crippen LogP contribution is 2.12. The third-order valence-corrected chi connectivity index (χ3v) is 3.68. The Morgan fingerprint density at radius 3 is 3.00 bits per heavy atom. The SMILES string of the molecule is Cc1nccn1CCSC(C)CCl. The first-order valence-corrected chi connectivity index (χ1v) is 5.97. The van der Waals surface area contributed by atoms with Crippen molar-refractivity contribution in [3.63, 3.8) is 0 Å². The minimum Gasteiger partial charge on any atom is -0.334 e. The molecule has 4 heteroatoms. The lowest BCUT2D eigenvalue weighted by molar-refractivity contribution is 0.737. The Kier molecular flexibility index (Phi) is 4.67. The molecule has 0 saturated carbocycles. The molecule has 0 radical (unpaired) electrons. The first-order chi connectivity index (χ1) is 6.24. The summed E-state index contributed by atoms with van der Waals surface area (Å²) in [6.07, 6.45) is 3.85. The molecular formula is C9H15ClN2S. The van der Waals surface area contributed by atoms with E-state index in [0.29, 0.717) is 5.25 Å². The van der Waals surface area contributed by atoms with Gasteiger partial charge in [0.05, 0.1) is 0 Å². The smallest absolute Gasteiger partial charge is 0.105 e. The van der Waals surface area contributed by atoms with Crippen LogP contribution >= 0.6 is 23.4 Å². The highest BCUT2D eigenvalue weighted by molar-refractivity contribution is 7.99. The average molecular weight is 219 g/mol. The Morgan fingerprint density at radius 2 is 2.46 bits per heavy atom. The van der Waals surface area contributed by atoms with E-state index in [2.05, 4.69) is 16.5 Å². The minimum atomic E-state index is 0.547. The van der Waals surface area contributed by atoms with Crippen molar-refractivity contribution in [2.75, 3.05) is 11.6 Å². The normalized spacial score (nSPS) is 13.2. The highest BCUT2D eigenvalue weighted by Gasteiger charge is 2.01. The molecule has 0 fully saturated rings. The van der Waals surface area contributed by atoms with Gasteiger partial charge in [-0.3, -0.25) is 0 Å². The first kappa shape index (κ1) is 10.9. The maximum Gasteiger partial charge on any atom is 0.105 e. The largest absolute Gasteiger partial charge is 0.334 e. The molecule has 1 aromatic rings. The number of aryl methyl sites for hydroxylation is 2. The average Bonchev–Trinajstić information content (AvgIpc) is 2.52. The molecule has 74 valence electrons. The standard InChI is InChI=1S/C9H15ClN2S/c1-8(7-10)13-6-5-12-4-3-11-9(12)2/h3-4,8H,5-7H2,1-2H3. The van der Waals surface area contributed by atoms with Crippen LogP contribution in [0.3, 0.4) is 0 Å². The summed E-state index contributed by atoms with van der Waals surface area (Å²) in [5, 5.41) is 0.547. The molecule has 1 aromatic heterocycles. The van der Waals surface area contributed by atoms with Crippen molar-refractivity contribution in [3.05, 3.63) is 18.2 Å². The van der Waals surface area contributed by atoms with Crippen LogP contribution in [0.25, 0.3) is 0 Å². The number of thioether (sulfide) groups is 1. The zero-order chi connectivity index (χ0) is 9.68. The lowest BCUT2D eigenvalue weighted by Crippen LogP contribution is -2.05. The van der Waals surface area contributed by atoms with Gasteiger partial charge in [-0.05, 0) is 6.92 Å². The molecule has 13 heavy (non-hydrogen) atoms. The summed E-state index contributed by atoms with van der Waals surface area (Å²) in [5.74, 6) is 2.91. The molecule has 1 heterocycles. The van der Waals surface area contributed by atoms with Gasteiger partial charge in [-0.1, -0.05) is 6.92 Å². The zero-order valence-corrected chi connectivity index (χ0v) is 9.61. The van der Waals surface area contributed by atoms with E-state index >= 15 is 0 Å². The van der Waals surface area contributed by atoms with E-state index in [-0.39, 0.29) is 0 Å². The number of nitrogens with zero attached hydrogens (tertiary/aromatic N) is 2. The van der Waals surface area contributed by atoms with Crippen molar-refractivity contribution in [1.29, 1.82) is 0 Å².